The summed E-state index contributed by atoms with van der Waals surface area (Å²) in [7, 11) is -1.79. The maximum absolute atomic E-state index is 6.77. The van der Waals surface area contributed by atoms with E-state index in [9.17, 15) is 0 Å². The van der Waals surface area contributed by atoms with Crippen LogP contribution in [0, 0.1) is 0 Å². The number of benzene rings is 9. The highest BCUT2D eigenvalue weighted by Crippen LogP contribution is 2.73. The zero-order valence-corrected chi connectivity index (χ0v) is 32.1. The van der Waals surface area contributed by atoms with Gasteiger partial charge in [-0.25, -0.2) is 0 Å². The van der Waals surface area contributed by atoms with Gasteiger partial charge in [0.25, 0.3) is 0 Å². The van der Waals surface area contributed by atoms with Gasteiger partial charge < -0.3 is 9.32 Å². The second-order valence-corrected chi connectivity index (χ2v) is 17.2. The number of fused-ring (bicyclic) bond motifs is 3. The van der Waals surface area contributed by atoms with Gasteiger partial charge in [0, 0.05) is 58.5 Å². The highest BCUT2D eigenvalue weighted by atomic mass is 32.3. The van der Waals surface area contributed by atoms with E-state index in [1.165, 1.54) is 19.6 Å². The predicted molar refractivity (Wildman–Crippen MR) is 239 cm³/mol. The first-order valence-electron chi connectivity index (χ1n) is 19.3. The summed E-state index contributed by atoms with van der Waals surface area (Å²) in [5.74, 6) is 0. The number of rotatable bonds is 9. The van der Waals surface area contributed by atoms with Crippen molar-refractivity contribution in [2.75, 3.05) is 4.90 Å². The van der Waals surface area contributed by atoms with E-state index in [-0.39, 0.29) is 0 Å². The summed E-state index contributed by atoms with van der Waals surface area (Å²) in [6, 6.07) is 85.1. The summed E-state index contributed by atoms with van der Waals surface area (Å²) in [5, 5.41) is 2.25. The molecular formula is C54H39NOS. The fraction of sp³-hybridized carbons (Fsp3) is 0. The lowest BCUT2D eigenvalue weighted by Gasteiger charge is -2.42. The van der Waals surface area contributed by atoms with Gasteiger partial charge in [-0.2, -0.15) is 0 Å². The molecule has 0 radical (unpaired) electrons. The molecule has 272 valence electrons. The Morgan fingerprint density at radius 3 is 1.09 bits per heavy atom. The van der Waals surface area contributed by atoms with Crippen LogP contribution in [0.2, 0.25) is 0 Å². The lowest BCUT2D eigenvalue weighted by Crippen LogP contribution is -2.10. The van der Waals surface area contributed by atoms with Crippen LogP contribution in [-0.2, 0) is 0 Å². The van der Waals surface area contributed by atoms with Crippen molar-refractivity contribution in [3.8, 4) is 22.3 Å². The van der Waals surface area contributed by atoms with Gasteiger partial charge in [-0.3, -0.25) is 0 Å². The molecule has 10 aromatic rings. The molecule has 0 unspecified atom stereocenters. The van der Waals surface area contributed by atoms with Crippen LogP contribution in [0.1, 0.15) is 0 Å². The predicted octanol–water partition coefficient (Wildman–Crippen LogP) is 15.7. The second-order valence-electron chi connectivity index (χ2n) is 14.1. The van der Waals surface area contributed by atoms with Gasteiger partial charge >= 0.3 is 0 Å². The maximum atomic E-state index is 6.77. The third-order valence-corrected chi connectivity index (χ3v) is 14.7. The Kier molecular flexibility index (Phi) is 8.98. The average Bonchev–Trinajstić information content (AvgIpc) is 3.69. The summed E-state index contributed by atoms with van der Waals surface area (Å²) >= 11 is 0. The summed E-state index contributed by atoms with van der Waals surface area (Å²) in [5.41, 5.74) is 9.52. The zero-order valence-electron chi connectivity index (χ0n) is 31.3. The van der Waals surface area contributed by atoms with Gasteiger partial charge in [0.1, 0.15) is 11.2 Å². The first kappa shape index (κ1) is 34.4. The van der Waals surface area contributed by atoms with Crippen LogP contribution in [0.3, 0.4) is 0 Å². The molecule has 57 heavy (non-hydrogen) atoms. The molecule has 3 heteroatoms. The van der Waals surface area contributed by atoms with Crippen molar-refractivity contribution in [2.45, 2.75) is 19.6 Å². The van der Waals surface area contributed by atoms with E-state index in [4.69, 9.17) is 4.42 Å². The topological polar surface area (TPSA) is 16.4 Å². The van der Waals surface area contributed by atoms with E-state index in [2.05, 4.69) is 235 Å². The molecule has 0 aliphatic rings. The van der Waals surface area contributed by atoms with Gasteiger partial charge in [0.15, 0.2) is 0 Å². The molecule has 1 heterocycles. The summed E-state index contributed by atoms with van der Waals surface area (Å²) in [6.45, 7) is 0. The van der Waals surface area contributed by atoms with Gasteiger partial charge in [-0.05, 0) is 96.1 Å². The molecule has 0 bridgehead atoms. The van der Waals surface area contributed by atoms with Gasteiger partial charge in [0.05, 0.1) is 0 Å². The molecule has 0 N–H and O–H groups in total. The lowest BCUT2D eigenvalue weighted by molar-refractivity contribution is 0.671. The van der Waals surface area contributed by atoms with E-state index in [1.54, 1.807) is 0 Å². The maximum Gasteiger partial charge on any atom is 0.143 e. The Labute approximate surface area is 335 Å². The normalized spacial score (nSPS) is 11.8. The minimum atomic E-state index is -1.79. The lowest BCUT2D eigenvalue weighted by atomic mass is 10.00. The van der Waals surface area contributed by atoms with Crippen LogP contribution in [0.15, 0.2) is 261 Å². The van der Waals surface area contributed by atoms with E-state index in [0.717, 1.165) is 61.3 Å². The molecular weight excluding hydrogens is 711 g/mol. The van der Waals surface area contributed by atoms with Crippen LogP contribution in [-0.4, -0.2) is 0 Å². The van der Waals surface area contributed by atoms with Crippen molar-refractivity contribution >= 4 is 49.0 Å². The molecule has 9 aromatic carbocycles. The molecule has 0 amide bonds. The molecule has 0 aliphatic carbocycles. The minimum Gasteiger partial charge on any atom is -0.455 e. The smallest absolute Gasteiger partial charge is 0.143 e. The highest BCUT2D eigenvalue weighted by Gasteiger charge is 2.33. The van der Waals surface area contributed by atoms with Crippen LogP contribution in [0.5, 0.6) is 0 Å². The fourth-order valence-corrected chi connectivity index (χ4v) is 12.1. The number of nitrogens with zero attached hydrogens (tertiary/aromatic N) is 1. The van der Waals surface area contributed by atoms with Crippen LogP contribution in [0.25, 0.3) is 44.2 Å². The molecule has 0 spiro atoms. The first-order valence-corrected chi connectivity index (χ1v) is 21.0. The average molecular weight is 750 g/mol. The number of furan rings is 1. The number of para-hydroxylation sites is 3. The molecule has 10 rings (SSSR count). The Bertz CT molecular complexity index is 2810. The molecule has 0 saturated heterocycles. The minimum absolute atomic E-state index is 0.903. The van der Waals surface area contributed by atoms with Crippen LogP contribution in [0.4, 0.5) is 17.1 Å². The van der Waals surface area contributed by atoms with Crippen molar-refractivity contribution in [3.05, 3.63) is 237 Å². The SMILES string of the molecule is c1ccc(-c2cccc3c2oc2c(-c4ccc(N(c5ccccc5)c5ccc(S(c6ccccc6)(c6ccccc6)c6ccccc6)cc5)cc4)cccc23)cc1. The van der Waals surface area contributed by atoms with Crippen molar-refractivity contribution < 1.29 is 4.42 Å². The van der Waals surface area contributed by atoms with Crippen molar-refractivity contribution in [1.82, 2.24) is 0 Å². The Balaban J connectivity index is 1.07. The van der Waals surface area contributed by atoms with Gasteiger partial charge in [-0.15, -0.1) is 10.0 Å². The van der Waals surface area contributed by atoms with Crippen LogP contribution >= 0.6 is 10.0 Å². The Morgan fingerprint density at radius 1 is 0.281 bits per heavy atom. The quantitative estimate of drug-likeness (QED) is 0.146. The van der Waals surface area contributed by atoms with Crippen LogP contribution < -0.4 is 4.90 Å². The molecule has 0 saturated carbocycles. The molecule has 0 atom stereocenters. The standard InChI is InChI=1S/C54H39NOS/c1-6-18-40(19-7-1)49-28-16-30-51-52-31-17-29-50(54(52)56-53(49)51)41-32-34-43(35-33-41)55(42-20-8-2-9-21-42)44-36-38-48(39-37-44)57(45-22-10-3-11-23-45,46-24-12-4-13-25-46)47-26-14-5-15-27-47/h1-39H. The number of hydrogen-bond donors (Lipinski definition) is 0. The monoisotopic (exact) mass is 749 g/mol. The van der Waals surface area contributed by atoms with Crippen molar-refractivity contribution in [1.29, 1.82) is 0 Å². The fourth-order valence-electron chi connectivity index (χ4n) is 8.20. The van der Waals surface area contributed by atoms with E-state index in [1.807, 2.05) is 6.07 Å². The van der Waals surface area contributed by atoms with E-state index >= 15 is 0 Å². The Morgan fingerprint density at radius 2 is 0.632 bits per heavy atom. The van der Waals surface area contributed by atoms with E-state index in [0.29, 0.717) is 0 Å². The van der Waals surface area contributed by atoms with Crippen molar-refractivity contribution in [3.63, 3.8) is 0 Å². The van der Waals surface area contributed by atoms with Gasteiger partial charge in [-0.1, -0.05) is 152 Å². The third kappa shape index (κ3) is 6.10. The third-order valence-electron chi connectivity index (χ3n) is 10.8. The molecule has 0 aliphatic heterocycles. The highest BCUT2D eigenvalue weighted by molar-refractivity contribution is 8.34. The van der Waals surface area contributed by atoms with Crippen molar-refractivity contribution in [2.24, 2.45) is 0 Å². The Hall–Kier alpha value is -7.07. The second kappa shape index (κ2) is 14.9. The molecule has 0 fully saturated rings. The largest absolute Gasteiger partial charge is 0.455 e. The zero-order chi connectivity index (χ0) is 38.0. The summed E-state index contributed by atoms with van der Waals surface area (Å²) in [4.78, 5) is 7.54. The number of anilines is 3. The van der Waals surface area contributed by atoms with Gasteiger partial charge in [0.2, 0.25) is 0 Å². The first-order chi connectivity index (χ1) is 28.3. The summed E-state index contributed by atoms with van der Waals surface area (Å²) in [6.07, 6.45) is 0. The summed E-state index contributed by atoms with van der Waals surface area (Å²) < 4.78 is 6.77. The molecule has 2 nitrogen and oxygen atoms in total. The number of hydrogen-bond acceptors (Lipinski definition) is 2. The molecule has 1 aromatic heterocycles. The van der Waals surface area contributed by atoms with E-state index < -0.39 is 10.0 Å².